The van der Waals surface area contributed by atoms with Crippen molar-refractivity contribution in [3.05, 3.63) is 70.8 Å². The van der Waals surface area contributed by atoms with Crippen LogP contribution in [-0.2, 0) is 6.42 Å². The first-order chi connectivity index (χ1) is 8.99. The van der Waals surface area contributed by atoms with Gasteiger partial charge in [0.25, 0.3) is 0 Å². The van der Waals surface area contributed by atoms with E-state index in [0.29, 0.717) is 0 Å². The van der Waals surface area contributed by atoms with Gasteiger partial charge < -0.3 is 0 Å². The first-order valence-corrected chi connectivity index (χ1v) is 5.40. The van der Waals surface area contributed by atoms with Gasteiger partial charge in [0.1, 0.15) is 11.6 Å². The molecule has 0 aliphatic heterocycles. The molecule has 0 amide bonds. The van der Waals surface area contributed by atoms with Gasteiger partial charge >= 0.3 is 0 Å². The Morgan fingerprint density at radius 3 is 2.05 bits per heavy atom. The highest BCUT2D eigenvalue weighted by Crippen LogP contribution is 2.16. The third kappa shape index (κ3) is 2.81. The molecule has 0 saturated carbocycles. The summed E-state index contributed by atoms with van der Waals surface area (Å²) in [6.45, 7) is 0. The highest BCUT2D eigenvalue weighted by Gasteiger charge is 2.17. The number of carbonyl (C=O) groups is 1. The number of Topliss-reactive ketones (excluding diaryl/α,β-unsaturated/α-hetero) is 1. The number of ketones is 1. The summed E-state index contributed by atoms with van der Waals surface area (Å²) >= 11 is 0. The molecular formula is C14H8F4O. The minimum absolute atomic E-state index is 0.145. The van der Waals surface area contributed by atoms with Gasteiger partial charge in [-0.15, -0.1) is 0 Å². The second-order valence-electron chi connectivity index (χ2n) is 3.95. The average molecular weight is 268 g/mol. The molecule has 0 atom stereocenters. The van der Waals surface area contributed by atoms with Gasteiger partial charge in [0.2, 0.25) is 0 Å². The van der Waals surface area contributed by atoms with E-state index in [1.165, 1.54) is 6.07 Å². The van der Waals surface area contributed by atoms with Crippen molar-refractivity contribution in [1.29, 1.82) is 0 Å². The number of hydrogen-bond acceptors (Lipinski definition) is 1. The van der Waals surface area contributed by atoms with Crippen LogP contribution in [0.2, 0.25) is 0 Å². The number of benzene rings is 2. The van der Waals surface area contributed by atoms with E-state index >= 15 is 0 Å². The Balaban J connectivity index is 2.28. The third-order valence-electron chi connectivity index (χ3n) is 2.59. The monoisotopic (exact) mass is 268 g/mol. The molecule has 0 N–H and O–H groups in total. The van der Waals surface area contributed by atoms with Gasteiger partial charge in [-0.25, -0.2) is 17.6 Å². The molecule has 0 radical (unpaired) electrons. The van der Waals surface area contributed by atoms with Crippen LogP contribution < -0.4 is 0 Å². The smallest absolute Gasteiger partial charge is 0.173 e. The Hall–Kier alpha value is -2.17. The van der Waals surface area contributed by atoms with E-state index in [-0.39, 0.29) is 5.56 Å². The predicted octanol–water partition coefficient (Wildman–Crippen LogP) is 3.67. The summed E-state index contributed by atoms with van der Waals surface area (Å²) in [7, 11) is 0. The summed E-state index contributed by atoms with van der Waals surface area (Å²) in [4.78, 5) is 11.8. The predicted molar refractivity (Wildman–Crippen MR) is 60.8 cm³/mol. The Kier molecular flexibility index (Phi) is 3.64. The number of carbonyl (C=O) groups excluding carboxylic acids is 1. The van der Waals surface area contributed by atoms with Crippen molar-refractivity contribution >= 4 is 5.78 Å². The summed E-state index contributed by atoms with van der Waals surface area (Å²) in [5.74, 6) is -4.95. The third-order valence-corrected chi connectivity index (χ3v) is 2.59. The van der Waals surface area contributed by atoms with Crippen LogP contribution in [-0.4, -0.2) is 5.78 Å². The van der Waals surface area contributed by atoms with E-state index in [0.717, 1.165) is 30.3 Å². The molecule has 0 aliphatic carbocycles. The lowest BCUT2D eigenvalue weighted by molar-refractivity contribution is 0.0985. The molecule has 0 aliphatic rings. The normalized spacial score (nSPS) is 10.5. The van der Waals surface area contributed by atoms with Crippen molar-refractivity contribution in [3.63, 3.8) is 0 Å². The van der Waals surface area contributed by atoms with Crippen LogP contribution in [0.15, 0.2) is 36.4 Å². The molecule has 2 aromatic rings. The quantitative estimate of drug-likeness (QED) is 0.613. The Morgan fingerprint density at radius 1 is 0.842 bits per heavy atom. The molecule has 0 aromatic heterocycles. The molecule has 1 nitrogen and oxygen atoms in total. The maximum Gasteiger partial charge on any atom is 0.173 e. The lowest BCUT2D eigenvalue weighted by atomic mass is 10.0. The van der Waals surface area contributed by atoms with Crippen molar-refractivity contribution < 1.29 is 22.4 Å². The zero-order valence-corrected chi connectivity index (χ0v) is 9.59. The lowest BCUT2D eigenvalue weighted by Gasteiger charge is -2.04. The molecule has 0 unspecified atom stereocenters. The van der Waals surface area contributed by atoms with E-state index < -0.39 is 41.0 Å². The molecule has 0 fully saturated rings. The first kappa shape index (κ1) is 13.3. The van der Waals surface area contributed by atoms with Gasteiger partial charge in [0.15, 0.2) is 17.4 Å². The number of hydrogen-bond donors (Lipinski definition) is 0. The van der Waals surface area contributed by atoms with E-state index in [1.807, 2.05) is 0 Å². The van der Waals surface area contributed by atoms with Crippen LogP contribution in [0.25, 0.3) is 0 Å². The van der Waals surface area contributed by atoms with Crippen molar-refractivity contribution in [3.8, 4) is 0 Å². The molecule has 5 heteroatoms. The molecule has 2 aromatic carbocycles. The molecule has 2 rings (SSSR count). The Morgan fingerprint density at radius 2 is 1.47 bits per heavy atom. The molecular weight excluding hydrogens is 260 g/mol. The minimum atomic E-state index is -1.11. The van der Waals surface area contributed by atoms with Gasteiger partial charge in [-0.2, -0.15) is 0 Å². The summed E-state index contributed by atoms with van der Waals surface area (Å²) in [6, 6.07) is 5.93. The highest BCUT2D eigenvalue weighted by atomic mass is 19.2. The van der Waals surface area contributed by atoms with E-state index in [9.17, 15) is 22.4 Å². The van der Waals surface area contributed by atoms with Crippen molar-refractivity contribution in [2.75, 3.05) is 0 Å². The van der Waals surface area contributed by atoms with Gasteiger partial charge in [-0.05, 0) is 29.8 Å². The summed E-state index contributed by atoms with van der Waals surface area (Å²) < 4.78 is 52.4. The first-order valence-electron chi connectivity index (χ1n) is 5.40. The van der Waals surface area contributed by atoms with Crippen LogP contribution in [0.1, 0.15) is 15.9 Å². The van der Waals surface area contributed by atoms with E-state index in [2.05, 4.69) is 0 Å². The van der Waals surface area contributed by atoms with Crippen LogP contribution >= 0.6 is 0 Å². The minimum Gasteiger partial charge on any atom is -0.294 e. The van der Waals surface area contributed by atoms with Gasteiger partial charge in [0.05, 0.1) is 5.56 Å². The number of rotatable bonds is 3. The van der Waals surface area contributed by atoms with Crippen LogP contribution in [0.3, 0.4) is 0 Å². The fourth-order valence-corrected chi connectivity index (χ4v) is 1.69. The Labute approximate surface area is 106 Å². The number of halogens is 4. The van der Waals surface area contributed by atoms with E-state index in [4.69, 9.17) is 0 Å². The summed E-state index contributed by atoms with van der Waals surface area (Å²) in [5, 5.41) is 0. The van der Waals surface area contributed by atoms with Crippen LogP contribution in [0, 0.1) is 23.3 Å². The molecule has 19 heavy (non-hydrogen) atoms. The van der Waals surface area contributed by atoms with Gasteiger partial charge in [-0.3, -0.25) is 4.79 Å². The summed E-state index contributed by atoms with van der Waals surface area (Å²) in [6.07, 6.45) is -0.408. The maximum absolute atomic E-state index is 13.4. The lowest BCUT2D eigenvalue weighted by Crippen LogP contribution is -2.09. The van der Waals surface area contributed by atoms with Crippen LogP contribution in [0.5, 0.6) is 0 Å². The maximum atomic E-state index is 13.4. The standard InChI is InChI=1S/C14H8F4O/c15-9-5-4-8(6-12(9)18)7-13(19)14-10(16)2-1-3-11(14)17/h1-6H,7H2. The zero-order chi connectivity index (χ0) is 14.0. The molecule has 0 saturated heterocycles. The average Bonchev–Trinajstić information content (AvgIpc) is 2.33. The highest BCUT2D eigenvalue weighted by molar-refractivity contribution is 5.98. The van der Waals surface area contributed by atoms with Gasteiger partial charge in [0, 0.05) is 6.42 Å². The zero-order valence-electron chi connectivity index (χ0n) is 9.59. The van der Waals surface area contributed by atoms with E-state index in [1.54, 1.807) is 0 Å². The topological polar surface area (TPSA) is 17.1 Å². The second kappa shape index (κ2) is 5.22. The molecule has 0 spiro atoms. The van der Waals surface area contributed by atoms with Gasteiger partial charge in [-0.1, -0.05) is 12.1 Å². The van der Waals surface area contributed by atoms with Crippen molar-refractivity contribution in [2.45, 2.75) is 6.42 Å². The second-order valence-corrected chi connectivity index (χ2v) is 3.95. The molecule has 0 heterocycles. The van der Waals surface area contributed by atoms with Crippen molar-refractivity contribution in [1.82, 2.24) is 0 Å². The largest absolute Gasteiger partial charge is 0.294 e. The summed E-state index contributed by atoms with van der Waals surface area (Å²) in [5.41, 5.74) is -0.529. The fraction of sp³-hybridized carbons (Fsp3) is 0.0714. The Bertz CT molecular complexity index is 617. The van der Waals surface area contributed by atoms with Crippen molar-refractivity contribution in [2.24, 2.45) is 0 Å². The SMILES string of the molecule is O=C(Cc1ccc(F)c(F)c1)c1c(F)cccc1F. The molecule has 0 bridgehead atoms. The fourth-order valence-electron chi connectivity index (χ4n) is 1.69. The van der Waals surface area contributed by atoms with Crippen LogP contribution in [0.4, 0.5) is 17.6 Å². The molecule has 98 valence electrons.